The first-order valence-corrected chi connectivity index (χ1v) is 8.73. The van der Waals surface area contributed by atoms with Gasteiger partial charge in [-0.2, -0.15) is 10.2 Å². The van der Waals surface area contributed by atoms with Crippen molar-refractivity contribution >= 4 is 5.97 Å². The first-order chi connectivity index (χ1) is 12.7. The molecule has 1 atom stereocenters. The average Bonchev–Trinajstić information content (AvgIpc) is 3.36. The SMILES string of the molecule is O=C(O)Cn1nccc1[C@H]1CCCN(Cc2ccc(-c3ccn[nH]3)o2)C1. The molecule has 1 aliphatic rings. The number of piperidine rings is 1. The van der Waals surface area contributed by atoms with Crippen LogP contribution in [0.15, 0.2) is 41.1 Å². The van der Waals surface area contributed by atoms with Gasteiger partial charge in [0, 0.05) is 30.6 Å². The van der Waals surface area contributed by atoms with E-state index in [-0.39, 0.29) is 12.5 Å². The molecule has 26 heavy (non-hydrogen) atoms. The third kappa shape index (κ3) is 3.55. The summed E-state index contributed by atoms with van der Waals surface area (Å²) in [6, 6.07) is 7.75. The minimum absolute atomic E-state index is 0.0927. The Bertz CT molecular complexity index is 867. The van der Waals surface area contributed by atoms with E-state index in [1.165, 1.54) is 0 Å². The van der Waals surface area contributed by atoms with Crippen LogP contribution in [0.3, 0.4) is 0 Å². The number of hydrogen-bond acceptors (Lipinski definition) is 5. The van der Waals surface area contributed by atoms with Gasteiger partial charge in [-0.1, -0.05) is 0 Å². The Morgan fingerprint density at radius 1 is 1.31 bits per heavy atom. The third-order valence-electron chi connectivity index (χ3n) is 4.77. The van der Waals surface area contributed by atoms with Crippen molar-refractivity contribution in [2.24, 2.45) is 0 Å². The quantitative estimate of drug-likeness (QED) is 0.704. The number of nitrogens with zero attached hydrogens (tertiary/aromatic N) is 4. The van der Waals surface area contributed by atoms with Crippen molar-refractivity contribution in [3.05, 3.63) is 48.1 Å². The van der Waals surface area contributed by atoms with E-state index in [1.54, 1.807) is 17.1 Å². The average molecular weight is 355 g/mol. The van der Waals surface area contributed by atoms with Gasteiger partial charge in [0.1, 0.15) is 18.0 Å². The van der Waals surface area contributed by atoms with Crippen molar-refractivity contribution in [1.82, 2.24) is 24.9 Å². The molecule has 0 unspecified atom stereocenters. The molecular formula is C18H21N5O3. The first kappa shape index (κ1) is 16.6. The Kier molecular flexibility index (Phi) is 4.57. The molecule has 0 radical (unpaired) electrons. The molecule has 0 aliphatic carbocycles. The second-order valence-electron chi connectivity index (χ2n) is 6.62. The summed E-state index contributed by atoms with van der Waals surface area (Å²) in [6.07, 6.45) is 5.49. The second kappa shape index (κ2) is 7.17. The van der Waals surface area contributed by atoms with Crippen LogP contribution >= 0.6 is 0 Å². The number of furan rings is 1. The number of aromatic amines is 1. The number of rotatable bonds is 6. The van der Waals surface area contributed by atoms with E-state index in [2.05, 4.69) is 20.2 Å². The van der Waals surface area contributed by atoms with Gasteiger partial charge in [0.25, 0.3) is 0 Å². The predicted molar refractivity (Wildman–Crippen MR) is 93.4 cm³/mol. The summed E-state index contributed by atoms with van der Waals surface area (Å²) < 4.78 is 7.52. The summed E-state index contributed by atoms with van der Waals surface area (Å²) in [4.78, 5) is 13.4. The molecule has 3 aromatic heterocycles. The van der Waals surface area contributed by atoms with E-state index >= 15 is 0 Å². The molecular weight excluding hydrogens is 334 g/mol. The van der Waals surface area contributed by atoms with Gasteiger partial charge in [0.15, 0.2) is 5.76 Å². The Morgan fingerprint density at radius 2 is 2.23 bits per heavy atom. The number of aliphatic carboxylic acids is 1. The van der Waals surface area contributed by atoms with Crippen LogP contribution in [0.1, 0.15) is 30.2 Å². The molecule has 1 aliphatic heterocycles. The van der Waals surface area contributed by atoms with Crippen LogP contribution in [0.5, 0.6) is 0 Å². The maximum absolute atomic E-state index is 11.0. The fraction of sp³-hybridized carbons (Fsp3) is 0.389. The van der Waals surface area contributed by atoms with E-state index in [4.69, 9.17) is 9.52 Å². The summed E-state index contributed by atoms with van der Waals surface area (Å²) in [6.45, 7) is 2.51. The van der Waals surface area contributed by atoms with Crippen LogP contribution in [0.25, 0.3) is 11.5 Å². The summed E-state index contributed by atoms with van der Waals surface area (Å²) in [7, 11) is 0. The number of H-pyrrole nitrogens is 1. The maximum Gasteiger partial charge on any atom is 0.325 e. The van der Waals surface area contributed by atoms with Crippen LogP contribution in [0.2, 0.25) is 0 Å². The summed E-state index contributed by atoms with van der Waals surface area (Å²) in [5.41, 5.74) is 1.86. The fourth-order valence-electron chi connectivity index (χ4n) is 3.61. The van der Waals surface area contributed by atoms with E-state index in [1.807, 2.05) is 24.3 Å². The molecule has 4 heterocycles. The number of likely N-dealkylation sites (tertiary alicyclic amines) is 1. The molecule has 3 aromatic rings. The summed E-state index contributed by atoms with van der Waals surface area (Å²) >= 11 is 0. The smallest absolute Gasteiger partial charge is 0.325 e. The van der Waals surface area contributed by atoms with Gasteiger partial charge in [-0.05, 0) is 43.7 Å². The molecule has 0 amide bonds. The minimum Gasteiger partial charge on any atom is -0.480 e. The highest BCUT2D eigenvalue weighted by Crippen LogP contribution is 2.28. The Balaban J connectivity index is 1.43. The van der Waals surface area contributed by atoms with Crippen molar-refractivity contribution in [3.8, 4) is 11.5 Å². The van der Waals surface area contributed by atoms with Crippen molar-refractivity contribution < 1.29 is 14.3 Å². The number of nitrogens with one attached hydrogen (secondary N) is 1. The highest BCUT2D eigenvalue weighted by Gasteiger charge is 2.25. The lowest BCUT2D eigenvalue weighted by atomic mass is 9.94. The first-order valence-electron chi connectivity index (χ1n) is 8.73. The van der Waals surface area contributed by atoms with Crippen LogP contribution in [-0.2, 0) is 17.9 Å². The lowest BCUT2D eigenvalue weighted by Gasteiger charge is -2.32. The largest absolute Gasteiger partial charge is 0.480 e. The Morgan fingerprint density at radius 3 is 3.04 bits per heavy atom. The Labute approximate surface area is 150 Å². The molecule has 8 heteroatoms. The molecule has 8 nitrogen and oxygen atoms in total. The van der Waals surface area contributed by atoms with E-state index in [0.717, 1.165) is 55.4 Å². The zero-order valence-electron chi connectivity index (χ0n) is 14.3. The van der Waals surface area contributed by atoms with Gasteiger partial charge in [-0.25, -0.2) is 0 Å². The molecule has 0 saturated carbocycles. The molecule has 1 fully saturated rings. The van der Waals surface area contributed by atoms with Gasteiger partial charge >= 0.3 is 5.97 Å². The fourth-order valence-corrected chi connectivity index (χ4v) is 3.61. The molecule has 0 aromatic carbocycles. The standard InChI is InChI=1S/C18H21N5O3/c24-18(25)12-23-16(6-8-20-23)13-2-1-9-22(10-13)11-14-3-4-17(26-14)15-5-7-19-21-15/h3-8,13H,1-2,9-12H2,(H,19,21)(H,24,25)/t13-/m0/s1. The summed E-state index contributed by atoms with van der Waals surface area (Å²) in [5.74, 6) is 1.11. The monoisotopic (exact) mass is 355 g/mol. The number of carbonyl (C=O) groups is 1. The van der Waals surface area contributed by atoms with Crippen LogP contribution in [-0.4, -0.2) is 49.0 Å². The number of carboxylic acids is 1. The number of aromatic nitrogens is 4. The van der Waals surface area contributed by atoms with Gasteiger partial charge in [0.2, 0.25) is 0 Å². The van der Waals surface area contributed by atoms with Crippen LogP contribution in [0, 0.1) is 0 Å². The second-order valence-corrected chi connectivity index (χ2v) is 6.62. The number of carboxylic acid groups (broad SMARTS) is 1. The number of hydrogen-bond donors (Lipinski definition) is 2. The van der Waals surface area contributed by atoms with Crippen molar-refractivity contribution in [3.63, 3.8) is 0 Å². The van der Waals surface area contributed by atoms with Gasteiger partial charge in [0.05, 0.1) is 6.54 Å². The maximum atomic E-state index is 11.0. The predicted octanol–water partition coefficient (Wildman–Crippen LogP) is 2.33. The third-order valence-corrected chi connectivity index (χ3v) is 4.77. The lowest BCUT2D eigenvalue weighted by Crippen LogP contribution is -2.34. The molecule has 1 saturated heterocycles. The molecule has 136 valence electrons. The van der Waals surface area contributed by atoms with E-state index in [0.29, 0.717) is 0 Å². The highest BCUT2D eigenvalue weighted by atomic mass is 16.4. The van der Waals surface area contributed by atoms with Gasteiger partial charge in [-0.3, -0.25) is 19.5 Å². The Hall–Kier alpha value is -2.87. The normalized spacial score (nSPS) is 18.2. The van der Waals surface area contributed by atoms with Crippen LogP contribution in [0.4, 0.5) is 0 Å². The van der Waals surface area contributed by atoms with Crippen molar-refractivity contribution in [2.45, 2.75) is 31.8 Å². The lowest BCUT2D eigenvalue weighted by molar-refractivity contribution is -0.137. The van der Waals surface area contributed by atoms with Gasteiger partial charge < -0.3 is 9.52 Å². The summed E-state index contributed by atoms with van der Waals surface area (Å²) in [5, 5.41) is 20.1. The molecule has 0 spiro atoms. The van der Waals surface area contributed by atoms with Crippen molar-refractivity contribution in [2.75, 3.05) is 13.1 Å². The zero-order valence-corrected chi connectivity index (χ0v) is 14.3. The molecule has 2 N–H and O–H groups in total. The molecule has 4 rings (SSSR count). The van der Waals surface area contributed by atoms with E-state index < -0.39 is 5.97 Å². The van der Waals surface area contributed by atoms with Crippen molar-refractivity contribution in [1.29, 1.82) is 0 Å². The zero-order chi connectivity index (χ0) is 17.9. The van der Waals surface area contributed by atoms with Crippen LogP contribution < -0.4 is 0 Å². The molecule has 0 bridgehead atoms. The minimum atomic E-state index is -0.871. The highest BCUT2D eigenvalue weighted by molar-refractivity contribution is 5.66. The van der Waals surface area contributed by atoms with E-state index in [9.17, 15) is 4.79 Å². The van der Waals surface area contributed by atoms with Gasteiger partial charge in [-0.15, -0.1) is 0 Å². The topological polar surface area (TPSA) is 100 Å².